The smallest absolute Gasteiger partial charge is 0.0832 e. The molecule has 0 atom stereocenters. The number of hydrogen-bond donors (Lipinski definition) is 1. The fourth-order valence-corrected chi connectivity index (χ4v) is 2.29. The first-order valence-corrected chi connectivity index (χ1v) is 7.55. The molecule has 0 aliphatic rings. The maximum atomic E-state index is 4.59. The maximum Gasteiger partial charge on any atom is 0.0832 e. The van der Waals surface area contributed by atoms with Crippen molar-refractivity contribution in [1.82, 2.24) is 24.9 Å². The van der Waals surface area contributed by atoms with Gasteiger partial charge in [0.2, 0.25) is 0 Å². The summed E-state index contributed by atoms with van der Waals surface area (Å²) in [5.74, 6) is 0. The minimum atomic E-state index is 0.789. The Morgan fingerprint density at radius 2 is 2.00 bits per heavy atom. The molecule has 0 saturated heterocycles. The summed E-state index contributed by atoms with van der Waals surface area (Å²) in [6.45, 7) is 10.0. The molecule has 0 fully saturated rings. The standard InChI is InChI=1S/C15H25N5/c1-4-8-16-11-14-7-9-17-20(14)12-15-10-13(5-2)18-19(15)6-3/h7,9-10,16H,4-6,8,11-12H2,1-3H3. The Hall–Kier alpha value is -1.62. The van der Waals surface area contributed by atoms with Gasteiger partial charge < -0.3 is 5.32 Å². The zero-order valence-electron chi connectivity index (χ0n) is 12.8. The number of hydrogen-bond acceptors (Lipinski definition) is 3. The van der Waals surface area contributed by atoms with Gasteiger partial charge in [-0.15, -0.1) is 0 Å². The van der Waals surface area contributed by atoms with Crippen LogP contribution in [0.15, 0.2) is 18.3 Å². The molecular formula is C15H25N5. The van der Waals surface area contributed by atoms with Crippen molar-refractivity contribution in [2.75, 3.05) is 6.54 Å². The average Bonchev–Trinajstić information content (AvgIpc) is 3.06. The van der Waals surface area contributed by atoms with Gasteiger partial charge in [-0.05, 0) is 38.4 Å². The van der Waals surface area contributed by atoms with E-state index in [0.29, 0.717) is 0 Å². The lowest BCUT2D eigenvalue weighted by molar-refractivity contribution is 0.547. The van der Waals surface area contributed by atoms with Crippen LogP contribution in [0, 0.1) is 0 Å². The number of rotatable bonds is 8. The van der Waals surface area contributed by atoms with Crippen molar-refractivity contribution in [2.45, 2.75) is 53.2 Å². The molecule has 20 heavy (non-hydrogen) atoms. The molecule has 0 aromatic carbocycles. The highest BCUT2D eigenvalue weighted by molar-refractivity contribution is 5.12. The summed E-state index contributed by atoms with van der Waals surface area (Å²) in [5.41, 5.74) is 3.60. The molecule has 110 valence electrons. The molecule has 1 N–H and O–H groups in total. The third-order valence-electron chi connectivity index (χ3n) is 3.42. The summed E-state index contributed by atoms with van der Waals surface area (Å²) in [6, 6.07) is 4.27. The number of aromatic nitrogens is 4. The molecule has 0 bridgehead atoms. The van der Waals surface area contributed by atoms with Crippen molar-refractivity contribution in [3.8, 4) is 0 Å². The van der Waals surface area contributed by atoms with E-state index >= 15 is 0 Å². The summed E-state index contributed by atoms with van der Waals surface area (Å²) in [7, 11) is 0. The molecule has 2 aromatic heterocycles. The third-order valence-corrected chi connectivity index (χ3v) is 3.42. The second-order valence-electron chi connectivity index (χ2n) is 4.95. The van der Waals surface area contributed by atoms with Crippen LogP contribution in [0.4, 0.5) is 0 Å². The van der Waals surface area contributed by atoms with E-state index in [1.54, 1.807) is 0 Å². The van der Waals surface area contributed by atoms with Gasteiger partial charge in [-0.25, -0.2) is 0 Å². The first kappa shape index (κ1) is 14.8. The van der Waals surface area contributed by atoms with E-state index in [-0.39, 0.29) is 0 Å². The quantitative estimate of drug-likeness (QED) is 0.751. The average molecular weight is 275 g/mol. The van der Waals surface area contributed by atoms with E-state index in [0.717, 1.165) is 44.7 Å². The second-order valence-corrected chi connectivity index (χ2v) is 4.95. The summed E-state index contributed by atoms with van der Waals surface area (Å²) < 4.78 is 4.13. The lowest BCUT2D eigenvalue weighted by Crippen LogP contribution is -2.18. The monoisotopic (exact) mass is 275 g/mol. The third kappa shape index (κ3) is 3.48. The van der Waals surface area contributed by atoms with Gasteiger partial charge in [-0.2, -0.15) is 10.2 Å². The van der Waals surface area contributed by atoms with E-state index in [9.17, 15) is 0 Å². The van der Waals surface area contributed by atoms with Crippen LogP contribution in [-0.2, 0) is 26.1 Å². The molecular weight excluding hydrogens is 250 g/mol. The summed E-state index contributed by atoms with van der Waals surface area (Å²) >= 11 is 0. The predicted molar refractivity (Wildman–Crippen MR) is 80.6 cm³/mol. The van der Waals surface area contributed by atoms with Crippen LogP contribution in [-0.4, -0.2) is 26.1 Å². The summed E-state index contributed by atoms with van der Waals surface area (Å²) in [5, 5.41) is 12.5. The molecule has 2 rings (SSSR count). The predicted octanol–water partition coefficient (Wildman–Crippen LogP) is 2.21. The minimum Gasteiger partial charge on any atom is -0.311 e. The van der Waals surface area contributed by atoms with E-state index < -0.39 is 0 Å². The zero-order chi connectivity index (χ0) is 14.4. The Bertz CT molecular complexity index is 526. The molecule has 2 aromatic rings. The van der Waals surface area contributed by atoms with Gasteiger partial charge in [0.1, 0.15) is 0 Å². The van der Waals surface area contributed by atoms with Gasteiger partial charge in [0, 0.05) is 19.3 Å². The van der Waals surface area contributed by atoms with Crippen LogP contribution in [0.1, 0.15) is 44.3 Å². The maximum absolute atomic E-state index is 4.59. The fourth-order valence-electron chi connectivity index (χ4n) is 2.29. The number of nitrogens with zero attached hydrogens (tertiary/aromatic N) is 4. The van der Waals surface area contributed by atoms with Crippen LogP contribution < -0.4 is 5.32 Å². The van der Waals surface area contributed by atoms with Crippen molar-refractivity contribution >= 4 is 0 Å². The molecule has 0 spiro atoms. The van der Waals surface area contributed by atoms with Crippen LogP contribution in [0.2, 0.25) is 0 Å². The van der Waals surface area contributed by atoms with Gasteiger partial charge in [-0.1, -0.05) is 13.8 Å². The van der Waals surface area contributed by atoms with Crippen LogP contribution in [0.5, 0.6) is 0 Å². The first-order valence-electron chi connectivity index (χ1n) is 7.55. The normalized spacial score (nSPS) is 11.2. The highest BCUT2D eigenvalue weighted by Gasteiger charge is 2.09. The van der Waals surface area contributed by atoms with Crippen molar-refractivity contribution in [3.63, 3.8) is 0 Å². The molecule has 5 heteroatoms. The van der Waals surface area contributed by atoms with Gasteiger partial charge in [0.05, 0.1) is 23.6 Å². The summed E-state index contributed by atoms with van der Waals surface area (Å²) in [6.07, 6.45) is 4.00. The molecule has 2 heterocycles. The zero-order valence-corrected chi connectivity index (χ0v) is 12.8. The van der Waals surface area contributed by atoms with Crippen LogP contribution >= 0.6 is 0 Å². The van der Waals surface area contributed by atoms with E-state index in [1.807, 2.05) is 6.20 Å². The van der Waals surface area contributed by atoms with E-state index in [4.69, 9.17) is 0 Å². The highest BCUT2D eigenvalue weighted by atomic mass is 15.3. The molecule has 0 amide bonds. The molecule has 0 radical (unpaired) electrons. The Labute approximate surface area is 121 Å². The topological polar surface area (TPSA) is 47.7 Å². The first-order chi connectivity index (χ1) is 9.78. The molecule has 0 aliphatic carbocycles. The fraction of sp³-hybridized carbons (Fsp3) is 0.600. The number of aryl methyl sites for hydroxylation is 2. The van der Waals surface area contributed by atoms with Gasteiger partial charge >= 0.3 is 0 Å². The summed E-state index contributed by atoms with van der Waals surface area (Å²) in [4.78, 5) is 0. The van der Waals surface area contributed by atoms with Gasteiger partial charge in [0.25, 0.3) is 0 Å². The Morgan fingerprint density at radius 1 is 1.15 bits per heavy atom. The van der Waals surface area contributed by atoms with E-state index in [2.05, 4.69) is 57.8 Å². The molecule has 0 unspecified atom stereocenters. The lowest BCUT2D eigenvalue weighted by Gasteiger charge is -2.09. The Morgan fingerprint density at radius 3 is 2.70 bits per heavy atom. The van der Waals surface area contributed by atoms with Crippen LogP contribution in [0.3, 0.4) is 0 Å². The Balaban J connectivity index is 2.09. The number of nitrogens with one attached hydrogen (secondary N) is 1. The second kappa shape index (κ2) is 7.24. The van der Waals surface area contributed by atoms with Crippen molar-refractivity contribution in [1.29, 1.82) is 0 Å². The Kier molecular flexibility index (Phi) is 5.35. The molecule has 0 saturated carbocycles. The van der Waals surface area contributed by atoms with Crippen molar-refractivity contribution in [3.05, 3.63) is 35.4 Å². The SMILES string of the molecule is CCCNCc1ccnn1Cc1cc(CC)nn1CC. The minimum absolute atomic E-state index is 0.789. The largest absolute Gasteiger partial charge is 0.311 e. The van der Waals surface area contributed by atoms with Gasteiger partial charge in [-0.3, -0.25) is 9.36 Å². The van der Waals surface area contributed by atoms with Crippen molar-refractivity contribution < 1.29 is 0 Å². The molecule has 0 aliphatic heterocycles. The van der Waals surface area contributed by atoms with Gasteiger partial charge in [0.15, 0.2) is 0 Å². The lowest BCUT2D eigenvalue weighted by atomic mass is 10.3. The van der Waals surface area contributed by atoms with E-state index in [1.165, 1.54) is 11.4 Å². The van der Waals surface area contributed by atoms with Crippen LogP contribution in [0.25, 0.3) is 0 Å². The molecule has 5 nitrogen and oxygen atoms in total. The van der Waals surface area contributed by atoms with Crippen molar-refractivity contribution in [2.24, 2.45) is 0 Å². The highest BCUT2D eigenvalue weighted by Crippen LogP contribution is 2.09.